The molecule has 0 radical (unpaired) electrons. The molecule has 0 saturated carbocycles. The molecule has 1 aromatic carbocycles. The summed E-state index contributed by atoms with van der Waals surface area (Å²) in [6.07, 6.45) is 2.10. The molecule has 17 heavy (non-hydrogen) atoms. The van der Waals surface area contributed by atoms with Crippen LogP contribution in [0.3, 0.4) is 0 Å². The third kappa shape index (κ3) is 5.24. The van der Waals surface area contributed by atoms with Crippen molar-refractivity contribution in [1.82, 2.24) is 10.2 Å². The summed E-state index contributed by atoms with van der Waals surface area (Å²) in [4.78, 5) is 13.2. The number of nitrogens with one attached hydrogen (secondary N) is 1. The van der Waals surface area contributed by atoms with Crippen molar-refractivity contribution >= 4 is 6.03 Å². The van der Waals surface area contributed by atoms with Gasteiger partial charge in [-0.1, -0.05) is 31.5 Å². The van der Waals surface area contributed by atoms with E-state index in [1.807, 2.05) is 30.3 Å². The van der Waals surface area contributed by atoms with Crippen LogP contribution in [0.15, 0.2) is 30.3 Å². The first-order valence-corrected chi connectivity index (χ1v) is 5.91. The lowest BCUT2D eigenvalue weighted by Crippen LogP contribution is -2.39. The molecule has 94 valence electrons. The first-order valence-electron chi connectivity index (χ1n) is 5.91. The van der Waals surface area contributed by atoms with Crippen LogP contribution in [0.2, 0.25) is 0 Å². The maximum Gasteiger partial charge on any atom is 0.319 e. The Morgan fingerprint density at radius 3 is 2.71 bits per heavy atom. The van der Waals surface area contributed by atoms with E-state index >= 15 is 0 Å². The van der Waals surface area contributed by atoms with Gasteiger partial charge in [-0.2, -0.15) is 0 Å². The molecule has 0 aliphatic carbocycles. The van der Waals surface area contributed by atoms with Gasteiger partial charge in [-0.05, 0) is 18.6 Å². The maximum absolute atomic E-state index is 11.6. The molecule has 4 nitrogen and oxygen atoms in total. The van der Waals surface area contributed by atoms with Crippen molar-refractivity contribution in [2.24, 2.45) is 0 Å². The summed E-state index contributed by atoms with van der Waals surface area (Å²) in [5.41, 5.74) is 0. The van der Waals surface area contributed by atoms with Crippen molar-refractivity contribution in [3.63, 3.8) is 0 Å². The highest BCUT2D eigenvalue weighted by molar-refractivity contribution is 5.73. The zero-order valence-corrected chi connectivity index (χ0v) is 10.5. The number of hydrogen-bond acceptors (Lipinski definition) is 2. The molecule has 0 spiro atoms. The molecule has 0 unspecified atom stereocenters. The van der Waals surface area contributed by atoms with Gasteiger partial charge in [0.2, 0.25) is 0 Å². The predicted molar refractivity (Wildman–Crippen MR) is 68.0 cm³/mol. The molecule has 2 amide bonds. The number of carbonyl (C=O) groups is 1. The molecule has 0 heterocycles. The summed E-state index contributed by atoms with van der Waals surface area (Å²) < 4.78 is 5.37. The largest absolute Gasteiger partial charge is 0.473 e. The Labute approximate surface area is 103 Å². The Hall–Kier alpha value is -1.71. The van der Waals surface area contributed by atoms with E-state index < -0.39 is 0 Å². The van der Waals surface area contributed by atoms with Gasteiger partial charge in [0.05, 0.1) is 0 Å². The molecular weight excluding hydrogens is 216 g/mol. The van der Waals surface area contributed by atoms with E-state index in [-0.39, 0.29) is 12.8 Å². The Balaban J connectivity index is 2.20. The second-order valence-electron chi connectivity index (χ2n) is 3.86. The van der Waals surface area contributed by atoms with Crippen molar-refractivity contribution in [3.8, 4) is 5.75 Å². The lowest BCUT2D eigenvalue weighted by Gasteiger charge is -2.17. The molecule has 1 rings (SSSR count). The Kier molecular flexibility index (Phi) is 5.93. The third-order valence-corrected chi connectivity index (χ3v) is 2.40. The van der Waals surface area contributed by atoms with Gasteiger partial charge in [-0.3, -0.25) is 0 Å². The fraction of sp³-hybridized carbons (Fsp3) is 0.462. The molecule has 0 aliphatic rings. The molecule has 1 N–H and O–H groups in total. The monoisotopic (exact) mass is 236 g/mol. The zero-order chi connectivity index (χ0) is 12.5. The SMILES string of the molecule is CCCCN(C)C(=O)NCOc1ccccc1. The number of amides is 2. The average molecular weight is 236 g/mol. The maximum atomic E-state index is 11.6. The lowest BCUT2D eigenvalue weighted by atomic mass is 10.3. The highest BCUT2D eigenvalue weighted by Crippen LogP contribution is 2.07. The van der Waals surface area contributed by atoms with Crippen molar-refractivity contribution in [3.05, 3.63) is 30.3 Å². The van der Waals surface area contributed by atoms with Crippen LogP contribution < -0.4 is 10.1 Å². The summed E-state index contributed by atoms with van der Waals surface area (Å²) in [6.45, 7) is 3.07. The highest BCUT2D eigenvalue weighted by atomic mass is 16.5. The molecule has 0 bridgehead atoms. The van der Waals surface area contributed by atoms with Crippen LogP contribution in [0.1, 0.15) is 19.8 Å². The summed E-state index contributed by atoms with van der Waals surface area (Å²) >= 11 is 0. The van der Waals surface area contributed by atoms with E-state index in [4.69, 9.17) is 4.74 Å². The minimum atomic E-state index is -0.102. The van der Waals surface area contributed by atoms with E-state index in [1.54, 1.807) is 11.9 Å². The van der Waals surface area contributed by atoms with Gasteiger partial charge in [0.1, 0.15) is 5.75 Å². The second kappa shape index (κ2) is 7.54. The summed E-state index contributed by atoms with van der Waals surface area (Å²) in [5, 5.41) is 2.70. The van der Waals surface area contributed by atoms with Crippen LogP contribution in [0.25, 0.3) is 0 Å². The number of rotatable bonds is 6. The molecule has 0 fully saturated rings. The van der Waals surface area contributed by atoms with Crippen LogP contribution in [0.4, 0.5) is 4.79 Å². The zero-order valence-electron chi connectivity index (χ0n) is 10.5. The van der Waals surface area contributed by atoms with E-state index in [1.165, 1.54) is 0 Å². The summed E-state index contributed by atoms with van der Waals surface area (Å²) in [7, 11) is 1.79. The van der Waals surface area contributed by atoms with Crippen LogP contribution >= 0.6 is 0 Å². The first-order chi connectivity index (χ1) is 8.24. The lowest BCUT2D eigenvalue weighted by molar-refractivity contribution is 0.193. The van der Waals surface area contributed by atoms with Gasteiger partial charge in [0, 0.05) is 13.6 Å². The van der Waals surface area contributed by atoms with Crippen LogP contribution in [-0.2, 0) is 0 Å². The minimum absolute atomic E-state index is 0.102. The van der Waals surface area contributed by atoms with E-state index in [0.29, 0.717) is 0 Å². The van der Waals surface area contributed by atoms with Gasteiger partial charge in [0.25, 0.3) is 0 Å². The van der Waals surface area contributed by atoms with Gasteiger partial charge >= 0.3 is 6.03 Å². The molecule has 1 aromatic rings. The van der Waals surface area contributed by atoms with Crippen LogP contribution in [0, 0.1) is 0 Å². The molecule has 0 aliphatic heterocycles. The van der Waals surface area contributed by atoms with Crippen molar-refractivity contribution < 1.29 is 9.53 Å². The van der Waals surface area contributed by atoms with Crippen molar-refractivity contribution in [1.29, 1.82) is 0 Å². The minimum Gasteiger partial charge on any atom is -0.473 e. The number of ether oxygens (including phenoxy) is 1. The topological polar surface area (TPSA) is 41.6 Å². The number of hydrogen-bond donors (Lipinski definition) is 1. The van der Waals surface area contributed by atoms with E-state index in [0.717, 1.165) is 25.1 Å². The number of unbranched alkanes of at least 4 members (excludes halogenated alkanes) is 1. The molecule has 4 heteroatoms. The van der Waals surface area contributed by atoms with Crippen molar-refractivity contribution in [2.45, 2.75) is 19.8 Å². The molecular formula is C13H20N2O2. The molecule has 0 saturated heterocycles. The fourth-order valence-corrected chi connectivity index (χ4v) is 1.33. The van der Waals surface area contributed by atoms with Gasteiger partial charge in [-0.15, -0.1) is 0 Å². The molecule has 0 aromatic heterocycles. The normalized spacial score (nSPS) is 9.76. The number of carbonyl (C=O) groups excluding carboxylic acids is 1. The highest BCUT2D eigenvalue weighted by Gasteiger charge is 2.06. The smallest absolute Gasteiger partial charge is 0.319 e. The van der Waals surface area contributed by atoms with Crippen LogP contribution in [0.5, 0.6) is 5.75 Å². The fourth-order valence-electron chi connectivity index (χ4n) is 1.33. The number of para-hydroxylation sites is 1. The van der Waals surface area contributed by atoms with Gasteiger partial charge < -0.3 is 15.0 Å². The Morgan fingerprint density at radius 1 is 1.35 bits per heavy atom. The second-order valence-corrected chi connectivity index (χ2v) is 3.86. The number of benzene rings is 1. The van der Waals surface area contributed by atoms with Crippen molar-refractivity contribution in [2.75, 3.05) is 20.3 Å². The van der Waals surface area contributed by atoms with Gasteiger partial charge in [-0.25, -0.2) is 4.79 Å². The number of urea groups is 1. The van der Waals surface area contributed by atoms with E-state index in [9.17, 15) is 4.79 Å². The Bertz CT molecular complexity index is 327. The average Bonchev–Trinajstić information content (AvgIpc) is 2.37. The summed E-state index contributed by atoms with van der Waals surface area (Å²) in [6, 6.07) is 9.31. The van der Waals surface area contributed by atoms with Crippen LogP contribution in [-0.4, -0.2) is 31.3 Å². The van der Waals surface area contributed by atoms with E-state index in [2.05, 4.69) is 12.2 Å². The summed E-state index contributed by atoms with van der Waals surface area (Å²) in [5.74, 6) is 0.754. The third-order valence-electron chi connectivity index (χ3n) is 2.40. The van der Waals surface area contributed by atoms with Gasteiger partial charge in [0.15, 0.2) is 6.73 Å². The molecule has 0 atom stereocenters. The first kappa shape index (κ1) is 13.4. The Morgan fingerprint density at radius 2 is 2.06 bits per heavy atom. The number of nitrogens with zero attached hydrogens (tertiary/aromatic N) is 1. The quantitative estimate of drug-likeness (QED) is 0.771. The standard InChI is InChI=1S/C13H20N2O2/c1-3-4-10-15(2)13(16)14-11-17-12-8-6-5-7-9-12/h5-9H,3-4,10-11H2,1-2H3,(H,14,16). The predicted octanol–water partition coefficient (Wildman–Crippen LogP) is 2.46.